The second-order valence-electron chi connectivity index (χ2n) is 18.1. The average molecular weight is 873 g/mol. The summed E-state index contributed by atoms with van der Waals surface area (Å²) in [6, 6.07) is 20.5. The monoisotopic (exact) mass is 872 g/mol. The number of para-hydroxylation sites is 1. The Morgan fingerprint density at radius 1 is 0.750 bits per heavy atom. The molecular weight excluding hydrogens is 813 g/mol. The summed E-state index contributed by atoms with van der Waals surface area (Å²) in [5.41, 5.74) is 23.2. The van der Waals surface area contributed by atoms with E-state index in [-0.39, 0.29) is 42.4 Å². The zero-order chi connectivity index (χ0) is 44.5. The number of hydrogen-bond acceptors (Lipinski definition) is 14. The van der Waals surface area contributed by atoms with Gasteiger partial charge >= 0.3 is 0 Å². The number of phenols is 1. The molecular formula is C48H60N10O6. The van der Waals surface area contributed by atoms with Crippen molar-refractivity contribution in [1.82, 2.24) is 24.9 Å². The molecule has 4 amide bonds. The quantitative estimate of drug-likeness (QED) is 0.124. The number of likely N-dealkylation sites (tertiary alicyclic amines) is 1. The molecule has 16 nitrogen and oxygen atoms in total. The van der Waals surface area contributed by atoms with Gasteiger partial charge in [-0.25, -0.2) is 0 Å². The lowest BCUT2D eigenvalue weighted by Crippen LogP contribution is -2.54. The van der Waals surface area contributed by atoms with Crippen LogP contribution in [0.25, 0.3) is 5.70 Å². The maximum atomic E-state index is 13.3. The minimum absolute atomic E-state index is 0.101. The topological polar surface area (TPSA) is 207 Å². The van der Waals surface area contributed by atoms with Gasteiger partial charge in [-0.05, 0) is 99.5 Å². The van der Waals surface area contributed by atoms with Crippen LogP contribution in [0, 0.1) is 5.92 Å². The number of aromatic hydroxyl groups is 1. The summed E-state index contributed by atoms with van der Waals surface area (Å²) in [6.07, 6.45) is 7.45. The number of imide groups is 2. The van der Waals surface area contributed by atoms with Gasteiger partial charge in [0, 0.05) is 106 Å². The summed E-state index contributed by atoms with van der Waals surface area (Å²) in [5.74, 6) is -0.0917. The van der Waals surface area contributed by atoms with E-state index in [4.69, 9.17) is 21.9 Å². The SMILES string of the molecule is NC(N)=C(/C=C(\N)c1ccccc1O)N1CC2CCC(C1)N2c1cccc(OCCN2CCN(CCC3CCN(c4ccc5c(c4)C(=O)N(C4CCC(=O)NC4=O)C5=O)CC3)CC2)c1. The van der Waals surface area contributed by atoms with E-state index >= 15 is 0 Å². The third-order valence-electron chi connectivity index (χ3n) is 14.1. The van der Waals surface area contributed by atoms with Crippen molar-refractivity contribution in [2.75, 3.05) is 81.9 Å². The first kappa shape index (κ1) is 43.0. The Morgan fingerprint density at radius 3 is 2.16 bits per heavy atom. The molecule has 0 radical (unpaired) electrons. The van der Waals surface area contributed by atoms with Gasteiger partial charge in [0.05, 0.1) is 16.8 Å². The molecule has 5 saturated heterocycles. The van der Waals surface area contributed by atoms with Crippen LogP contribution in [-0.4, -0.2) is 139 Å². The molecule has 0 aromatic heterocycles. The second kappa shape index (κ2) is 18.5. The van der Waals surface area contributed by atoms with Crippen LogP contribution in [0.3, 0.4) is 0 Å². The van der Waals surface area contributed by atoms with Crippen LogP contribution in [0.1, 0.15) is 71.2 Å². The molecule has 0 aliphatic carbocycles. The predicted molar refractivity (Wildman–Crippen MR) is 244 cm³/mol. The minimum Gasteiger partial charge on any atom is -0.507 e. The highest BCUT2D eigenvalue weighted by atomic mass is 16.5. The first-order valence-electron chi connectivity index (χ1n) is 22.8. The molecule has 3 aromatic carbocycles. The largest absolute Gasteiger partial charge is 0.507 e. The molecule has 6 aliphatic heterocycles. The van der Waals surface area contributed by atoms with E-state index in [9.17, 15) is 24.3 Å². The molecule has 3 aromatic rings. The number of nitrogens with two attached hydrogens (primary N) is 3. The maximum Gasteiger partial charge on any atom is 0.262 e. The summed E-state index contributed by atoms with van der Waals surface area (Å²) in [7, 11) is 0. The number of phenolic OH excluding ortho intramolecular Hbond substituents is 1. The molecule has 6 heterocycles. The minimum atomic E-state index is -0.961. The van der Waals surface area contributed by atoms with E-state index in [1.807, 2.05) is 18.2 Å². The van der Waals surface area contributed by atoms with Crippen LogP contribution < -0.4 is 37.1 Å². The van der Waals surface area contributed by atoms with E-state index in [0.717, 1.165) is 120 Å². The van der Waals surface area contributed by atoms with Crippen LogP contribution in [0.4, 0.5) is 11.4 Å². The number of anilines is 2. The molecule has 8 N–H and O–H groups in total. The van der Waals surface area contributed by atoms with Gasteiger partial charge in [-0.15, -0.1) is 0 Å². The lowest BCUT2D eigenvalue weighted by molar-refractivity contribution is -0.136. The van der Waals surface area contributed by atoms with Gasteiger partial charge in [-0.1, -0.05) is 18.2 Å². The van der Waals surface area contributed by atoms with Gasteiger partial charge in [0.1, 0.15) is 30.0 Å². The van der Waals surface area contributed by atoms with E-state index in [0.29, 0.717) is 40.6 Å². The van der Waals surface area contributed by atoms with E-state index in [1.165, 1.54) is 0 Å². The summed E-state index contributed by atoms with van der Waals surface area (Å²) < 4.78 is 6.34. The van der Waals surface area contributed by atoms with E-state index in [1.54, 1.807) is 36.4 Å². The lowest BCUT2D eigenvalue weighted by Gasteiger charge is -2.44. The number of fused-ring (bicyclic) bond motifs is 3. The molecule has 0 spiro atoms. The number of piperazine rings is 2. The fourth-order valence-electron chi connectivity index (χ4n) is 10.6. The number of amides is 4. The highest BCUT2D eigenvalue weighted by Gasteiger charge is 2.45. The Morgan fingerprint density at radius 2 is 1.45 bits per heavy atom. The van der Waals surface area contributed by atoms with Crippen LogP contribution in [-0.2, 0) is 9.59 Å². The number of ether oxygens (including phenoxy) is 1. The summed E-state index contributed by atoms with van der Waals surface area (Å²) in [6.45, 7) is 10.0. The number of carbonyl (C=O) groups is 4. The fourth-order valence-corrected chi connectivity index (χ4v) is 10.6. The molecule has 3 atom stereocenters. The molecule has 0 saturated carbocycles. The first-order valence-corrected chi connectivity index (χ1v) is 22.8. The average Bonchev–Trinajstić information content (AvgIpc) is 3.71. The summed E-state index contributed by atoms with van der Waals surface area (Å²) in [4.78, 5) is 63.7. The van der Waals surface area contributed by atoms with Crippen molar-refractivity contribution in [3.63, 3.8) is 0 Å². The van der Waals surface area contributed by atoms with Gasteiger partial charge in [-0.3, -0.25) is 34.3 Å². The molecule has 6 aliphatic rings. The molecule has 64 heavy (non-hydrogen) atoms. The van der Waals surface area contributed by atoms with Crippen molar-refractivity contribution in [2.24, 2.45) is 23.1 Å². The lowest BCUT2D eigenvalue weighted by atomic mass is 9.92. The first-order chi connectivity index (χ1) is 31.0. The molecule has 2 bridgehead atoms. The van der Waals surface area contributed by atoms with Gasteiger partial charge in [0.25, 0.3) is 11.8 Å². The Hall–Kier alpha value is -6.26. The van der Waals surface area contributed by atoms with Gasteiger partial charge in [0.15, 0.2) is 0 Å². The van der Waals surface area contributed by atoms with Gasteiger partial charge < -0.3 is 46.6 Å². The van der Waals surface area contributed by atoms with E-state index in [2.05, 4.69) is 48.0 Å². The highest BCUT2D eigenvalue weighted by molar-refractivity contribution is 6.23. The third-order valence-corrected chi connectivity index (χ3v) is 14.1. The molecule has 3 unspecified atom stereocenters. The number of nitrogens with zero attached hydrogens (tertiary/aromatic N) is 6. The normalized spacial score (nSPS) is 23.4. The fraction of sp³-hybridized carbons (Fsp3) is 0.458. The van der Waals surface area contributed by atoms with Crippen molar-refractivity contribution < 1.29 is 29.0 Å². The number of hydrogen-bond donors (Lipinski definition) is 5. The number of rotatable bonds is 13. The van der Waals surface area contributed by atoms with Crippen molar-refractivity contribution >= 4 is 40.7 Å². The van der Waals surface area contributed by atoms with Crippen molar-refractivity contribution in [1.29, 1.82) is 0 Å². The highest BCUT2D eigenvalue weighted by Crippen LogP contribution is 2.38. The van der Waals surface area contributed by atoms with Crippen LogP contribution in [0.5, 0.6) is 11.5 Å². The Kier molecular flexibility index (Phi) is 12.4. The van der Waals surface area contributed by atoms with Crippen molar-refractivity contribution in [2.45, 2.75) is 63.1 Å². The zero-order valence-corrected chi connectivity index (χ0v) is 36.4. The van der Waals surface area contributed by atoms with Gasteiger partial charge in [-0.2, -0.15) is 0 Å². The maximum absolute atomic E-state index is 13.3. The molecule has 338 valence electrons. The molecule has 16 heteroatoms. The van der Waals surface area contributed by atoms with Crippen LogP contribution >= 0.6 is 0 Å². The summed E-state index contributed by atoms with van der Waals surface area (Å²) >= 11 is 0. The number of allylic oxidation sites excluding steroid dienone is 1. The number of piperidine rings is 2. The van der Waals surface area contributed by atoms with E-state index < -0.39 is 23.8 Å². The number of nitrogens with one attached hydrogen (secondary N) is 1. The second-order valence-corrected chi connectivity index (χ2v) is 18.1. The Bertz CT molecular complexity index is 2320. The van der Waals surface area contributed by atoms with Crippen molar-refractivity contribution in [3.05, 3.63) is 101 Å². The van der Waals surface area contributed by atoms with Gasteiger partial charge in [0.2, 0.25) is 11.8 Å². The van der Waals surface area contributed by atoms with Crippen LogP contribution in [0.2, 0.25) is 0 Å². The predicted octanol–water partition coefficient (Wildman–Crippen LogP) is 2.84. The van der Waals surface area contributed by atoms with Crippen LogP contribution in [0.15, 0.2) is 84.3 Å². The number of carbonyl (C=O) groups excluding carboxylic acids is 4. The Balaban J connectivity index is 0.692. The zero-order valence-electron chi connectivity index (χ0n) is 36.4. The number of benzene rings is 3. The smallest absolute Gasteiger partial charge is 0.262 e. The standard InChI is InChI=1S/C48H60N10O6/c49-40(38-6-1-2-7-43(38)59)28-42(45(50)51)56-29-34-8-9-35(30-56)57(34)33-4-3-5-36(26-33)64-25-24-54-22-20-53(21-23-54)17-14-31-15-18-55(19-16-31)32-10-11-37-39(27-32)48(63)58(47(37)62)41-12-13-44(60)52-46(41)61/h1-7,10-11,26-28,31,34-35,41,59H,8-9,12-25,29-30,49-51H2,(H,52,60,61)/b40-28-. The Labute approximate surface area is 374 Å². The molecule has 9 rings (SSSR count). The summed E-state index contributed by atoms with van der Waals surface area (Å²) in [5, 5.41) is 12.6. The third kappa shape index (κ3) is 8.93. The molecule has 5 fully saturated rings. The van der Waals surface area contributed by atoms with Crippen molar-refractivity contribution in [3.8, 4) is 11.5 Å².